The maximum Gasteiger partial charge on any atom is 0.0638 e. The third kappa shape index (κ3) is 3.52. The quantitative estimate of drug-likeness (QED) is 0.876. The fourth-order valence-corrected chi connectivity index (χ4v) is 2.67. The molecule has 18 heavy (non-hydrogen) atoms. The van der Waals surface area contributed by atoms with Gasteiger partial charge >= 0.3 is 0 Å². The summed E-state index contributed by atoms with van der Waals surface area (Å²) in [6.07, 6.45) is 4.22. The van der Waals surface area contributed by atoms with E-state index in [1.165, 1.54) is 5.56 Å². The summed E-state index contributed by atoms with van der Waals surface area (Å²) in [4.78, 5) is 6.45. The largest absolute Gasteiger partial charge is 0.305 e. The van der Waals surface area contributed by atoms with Crippen LogP contribution in [0.2, 0.25) is 0 Å². The molecule has 4 nitrogen and oxygen atoms in total. The number of pyridine rings is 1. The van der Waals surface area contributed by atoms with Crippen LogP contribution < -0.4 is 5.32 Å². The topological polar surface area (TPSA) is 52.0 Å². The molecule has 1 saturated heterocycles. The molecule has 2 heterocycles. The molecule has 1 unspecified atom stereocenters. The lowest BCUT2D eigenvalue weighted by Crippen LogP contribution is -2.61. The molecule has 0 radical (unpaired) electrons. The lowest BCUT2D eigenvalue weighted by molar-refractivity contribution is 0.112. The highest BCUT2D eigenvalue weighted by Crippen LogP contribution is 2.17. The van der Waals surface area contributed by atoms with Gasteiger partial charge in [-0.2, -0.15) is 5.26 Å². The molecule has 96 valence electrons. The molecule has 1 N–H and O–H groups in total. The van der Waals surface area contributed by atoms with Crippen LogP contribution >= 0.6 is 0 Å². The van der Waals surface area contributed by atoms with Gasteiger partial charge in [0, 0.05) is 43.6 Å². The first-order chi connectivity index (χ1) is 8.59. The number of nitrogens with zero attached hydrogens (tertiary/aromatic N) is 3. The van der Waals surface area contributed by atoms with Gasteiger partial charge in [0.05, 0.1) is 12.5 Å². The molecule has 0 aliphatic carbocycles. The van der Waals surface area contributed by atoms with E-state index in [0.717, 1.165) is 19.6 Å². The van der Waals surface area contributed by atoms with Crippen molar-refractivity contribution in [2.24, 2.45) is 0 Å². The predicted molar refractivity (Wildman–Crippen MR) is 70.7 cm³/mol. The highest BCUT2D eigenvalue weighted by molar-refractivity contribution is 5.10. The third-order valence-corrected chi connectivity index (χ3v) is 3.19. The second-order valence-electron chi connectivity index (χ2n) is 5.61. The number of nitrogens with one attached hydrogen (secondary N) is 1. The van der Waals surface area contributed by atoms with Crippen molar-refractivity contribution in [2.75, 3.05) is 13.1 Å². The molecular formula is C14H20N4. The zero-order valence-corrected chi connectivity index (χ0v) is 11.1. The third-order valence-electron chi connectivity index (χ3n) is 3.19. The van der Waals surface area contributed by atoms with E-state index < -0.39 is 0 Å². The molecule has 0 bridgehead atoms. The van der Waals surface area contributed by atoms with Gasteiger partial charge in [0.2, 0.25) is 0 Å². The van der Waals surface area contributed by atoms with Crippen molar-refractivity contribution in [2.45, 2.75) is 38.4 Å². The van der Waals surface area contributed by atoms with E-state index in [0.29, 0.717) is 6.42 Å². The zero-order chi connectivity index (χ0) is 13.0. The number of hydrogen-bond donors (Lipinski definition) is 1. The van der Waals surface area contributed by atoms with Crippen molar-refractivity contribution in [3.05, 3.63) is 30.1 Å². The molecule has 1 aromatic heterocycles. The average Bonchev–Trinajstić information content (AvgIpc) is 2.28. The fourth-order valence-electron chi connectivity index (χ4n) is 2.67. The van der Waals surface area contributed by atoms with E-state index in [-0.39, 0.29) is 11.6 Å². The standard InChI is InChI=1S/C14H20N4/c1-14(2)11-18(10-13(17-14)3-6-15)9-12-4-7-16-8-5-12/h4-5,7-8,13,17H,3,9-11H2,1-2H3. The summed E-state index contributed by atoms with van der Waals surface area (Å²) in [5, 5.41) is 12.4. The highest BCUT2D eigenvalue weighted by atomic mass is 15.2. The number of aromatic nitrogens is 1. The van der Waals surface area contributed by atoms with E-state index in [4.69, 9.17) is 5.26 Å². The summed E-state index contributed by atoms with van der Waals surface area (Å²) in [6.45, 7) is 7.23. The van der Waals surface area contributed by atoms with Crippen LogP contribution in [0.1, 0.15) is 25.8 Å². The molecule has 2 rings (SSSR count). The Labute approximate surface area is 109 Å². The Hall–Kier alpha value is -1.44. The van der Waals surface area contributed by atoms with E-state index in [1.54, 1.807) is 0 Å². The van der Waals surface area contributed by atoms with Gasteiger partial charge in [0.15, 0.2) is 0 Å². The number of rotatable bonds is 3. The van der Waals surface area contributed by atoms with Crippen LogP contribution in [0.15, 0.2) is 24.5 Å². The minimum atomic E-state index is 0.0623. The lowest BCUT2D eigenvalue weighted by atomic mass is 9.97. The first-order valence-corrected chi connectivity index (χ1v) is 6.35. The summed E-state index contributed by atoms with van der Waals surface area (Å²) in [5.41, 5.74) is 1.34. The Morgan fingerprint density at radius 3 is 2.89 bits per heavy atom. The van der Waals surface area contributed by atoms with Crippen LogP contribution in [-0.2, 0) is 6.54 Å². The molecular weight excluding hydrogens is 224 g/mol. The van der Waals surface area contributed by atoms with E-state index >= 15 is 0 Å². The predicted octanol–water partition coefficient (Wildman–Crippen LogP) is 1.55. The van der Waals surface area contributed by atoms with Gasteiger partial charge in [-0.3, -0.25) is 9.88 Å². The number of hydrogen-bond acceptors (Lipinski definition) is 4. The first-order valence-electron chi connectivity index (χ1n) is 6.35. The van der Waals surface area contributed by atoms with Gasteiger partial charge in [0.1, 0.15) is 0 Å². The second kappa shape index (κ2) is 5.47. The van der Waals surface area contributed by atoms with Crippen molar-refractivity contribution < 1.29 is 0 Å². The number of piperazine rings is 1. The van der Waals surface area contributed by atoms with Crippen LogP contribution in [-0.4, -0.2) is 34.6 Å². The van der Waals surface area contributed by atoms with Gasteiger partial charge in [-0.15, -0.1) is 0 Å². The van der Waals surface area contributed by atoms with Gasteiger partial charge < -0.3 is 5.32 Å². The van der Waals surface area contributed by atoms with Gasteiger partial charge in [-0.05, 0) is 31.5 Å². The van der Waals surface area contributed by atoms with Crippen molar-refractivity contribution in [3.63, 3.8) is 0 Å². The smallest absolute Gasteiger partial charge is 0.0638 e. The van der Waals surface area contributed by atoms with Gasteiger partial charge in [-0.25, -0.2) is 0 Å². The van der Waals surface area contributed by atoms with Crippen molar-refractivity contribution >= 4 is 0 Å². The molecule has 1 atom stereocenters. The fraction of sp³-hybridized carbons (Fsp3) is 0.571. The summed E-state index contributed by atoms with van der Waals surface area (Å²) in [7, 11) is 0. The summed E-state index contributed by atoms with van der Waals surface area (Å²) in [5.74, 6) is 0. The maximum absolute atomic E-state index is 8.85. The SMILES string of the molecule is CC1(C)CN(Cc2ccncc2)CC(CC#N)N1. The van der Waals surface area contributed by atoms with Crippen LogP contribution in [0.4, 0.5) is 0 Å². The maximum atomic E-state index is 8.85. The Bertz CT molecular complexity index is 421. The molecule has 1 aromatic rings. The highest BCUT2D eigenvalue weighted by Gasteiger charge is 2.31. The Morgan fingerprint density at radius 1 is 1.50 bits per heavy atom. The Morgan fingerprint density at radius 2 is 2.22 bits per heavy atom. The zero-order valence-electron chi connectivity index (χ0n) is 11.1. The summed E-state index contributed by atoms with van der Waals surface area (Å²) in [6, 6.07) is 6.62. The van der Waals surface area contributed by atoms with Crippen LogP contribution in [0, 0.1) is 11.3 Å². The lowest BCUT2D eigenvalue weighted by Gasteiger charge is -2.43. The van der Waals surface area contributed by atoms with Crippen LogP contribution in [0.3, 0.4) is 0 Å². The van der Waals surface area contributed by atoms with E-state index in [2.05, 4.69) is 35.1 Å². The van der Waals surface area contributed by atoms with Crippen molar-refractivity contribution in [1.29, 1.82) is 5.26 Å². The Kier molecular flexibility index (Phi) is 3.95. The minimum absolute atomic E-state index is 0.0623. The van der Waals surface area contributed by atoms with Crippen molar-refractivity contribution in [1.82, 2.24) is 15.2 Å². The molecule has 0 amide bonds. The van der Waals surface area contributed by atoms with Gasteiger partial charge in [-0.1, -0.05) is 0 Å². The first kappa shape index (κ1) is 13.0. The van der Waals surface area contributed by atoms with Crippen LogP contribution in [0.25, 0.3) is 0 Å². The number of nitriles is 1. The molecule has 4 heteroatoms. The molecule has 1 aliphatic heterocycles. The normalized spacial score (nSPS) is 23.5. The summed E-state index contributed by atoms with van der Waals surface area (Å²) < 4.78 is 0. The molecule has 1 aliphatic rings. The van der Waals surface area contributed by atoms with E-state index in [1.807, 2.05) is 24.5 Å². The Balaban J connectivity index is 2.02. The van der Waals surface area contributed by atoms with Gasteiger partial charge in [0.25, 0.3) is 0 Å². The monoisotopic (exact) mass is 244 g/mol. The molecule has 0 saturated carbocycles. The average molecular weight is 244 g/mol. The van der Waals surface area contributed by atoms with E-state index in [9.17, 15) is 0 Å². The molecule has 0 spiro atoms. The molecule has 0 aromatic carbocycles. The summed E-state index contributed by atoms with van der Waals surface area (Å²) >= 11 is 0. The second-order valence-corrected chi connectivity index (χ2v) is 5.61. The van der Waals surface area contributed by atoms with Crippen molar-refractivity contribution in [3.8, 4) is 6.07 Å². The molecule has 1 fully saturated rings. The minimum Gasteiger partial charge on any atom is -0.305 e. The van der Waals surface area contributed by atoms with Crippen LogP contribution in [0.5, 0.6) is 0 Å².